The van der Waals surface area contributed by atoms with Crippen molar-refractivity contribution in [1.82, 2.24) is 4.57 Å². The summed E-state index contributed by atoms with van der Waals surface area (Å²) in [6.45, 7) is -2.29. The molecular formula is C12H11NO2. The second-order valence-corrected chi connectivity index (χ2v) is 3.11. The first kappa shape index (κ1) is 6.45. The summed E-state index contributed by atoms with van der Waals surface area (Å²) in [7, 11) is 0. The van der Waals surface area contributed by atoms with Crippen LogP contribution in [0.2, 0.25) is 0 Å². The van der Waals surface area contributed by atoms with Crippen molar-refractivity contribution in [3.63, 3.8) is 0 Å². The first-order valence-electron chi connectivity index (χ1n) is 5.91. The first-order chi connectivity index (χ1) is 8.39. The highest BCUT2D eigenvalue weighted by Gasteiger charge is 2.03. The lowest BCUT2D eigenvalue weighted by atomic mass is 10.2. The molecule has 0 spiro atoms. The summed E-state index contributed by atoms with van der Waals surface area (Å²) in [6.07, 6.45) is 1.23. The Morgan fingerprint density at radius 3 is 2.80 bits per heavy atom. The summed E-state index contributed by atoms with van der Waals surface area (Å²) in [5.41, 5.74) is -0.0940. The molecule has 0 radical (unpaired) electrons. The number of phenols is 1. The standard InChI is InChI=1S/C12H11NO2/c1-9-6-7-12(15)13(8-9)10-4-2-3-5-11(10)14/h2-8,14H,1H3/i1D3. The number of pyridine rings is 1. The van der Waals surface area contributed by atoms with Gasteiger partial charge in [-0.05, 0) is 24.5 Å². The fourth-order valence-electron chi connectivity index (χ4n) is 1.34. The van der Waals surface area contributed by atoms with Crippen molar-refractivity contribution >= 4 is 0 Å². The lowest BCUT2D eigenvalue weighted by Gasteiger charge is -2.07. The molecule has 1 N–H and O–H groups in total. The van der Waals surface area contributed by atoms with E-state index in [1.54, 1.807) is 18.2 Å². The van der Waals surface area contributed by atoms with Gasteiger partial charge in [-0.25, -0.2) is 0 Å². The van der Waals surface area contributed by atoms with E-state index >= 15 is 0 Å². The molecule has 2 rings (SSSR count). The zero-order valence-corrected chi connectivity index (χ0v) is 7.84. The van der Waals surface area contributed by atoms with Gasteiger partial charge in [-0.15, -0.1) is 0 Å². The molecule has 0 fully saturated rings. The van der Waals surface area contributed by atoms with Crippen molar-refractivity contribution in [2.75, 3.05) is 0 Å². The fourth-order valence-corrected chi connectivity index (χ4v) is 1.34. The maximum Gasteiger partial charge on any atom is 0.255 e. The van der Waals surface area contributed by atoms with E-state index in [0.717, 1.165) is 4.57 Å². The minimum atomic E-state index is -2.29. The van der Waals surface area contributed by atoms with Crippen molar-refractivity contribution in [3.8, 4) is 11.4 Å². The summed E-state index contributed by atoms with van der Waals surface area (Å²) in [6, 6.07) is 8.70. The summed E-state index contributed by atoms with van der Waals surface area (Å²) < 4.78 is 23.1. The predicted octanol–water partition coefficient (Wildman–Crippen LogP) is 1.85. The smallest absolute Gasteiger partial charge is 0.255 e. The zero-order valence-electron chi connectivity index (χ0n) is 10.8. The third-order valence-electron chi connectivity index (χ3n) is 2.05. The van der Waals surface area contributed by atoms with Crippen LogP contribution in [0.3, 0.4) is 0 Å². The number of nitrogens with zero attached hydrogens (tertiary/aromatic N) is 1. The van der Waals surface area contributed by atoms with Crippen molar-refractivity contribution in [3.05, 3.63) is 58.5 Å². The molecule has 1 aromatic carbocycles. The second kappa shape index (κ2) is 3.61. The van der Waals surface area contributed by atoms with Crippen LogP contribution in [0.1, 0.15) is 9.68 Å². The van der Waals surface area contributed by atoms with Gasteiger partial charge in [-0.2, -0.15) is 0 Å². The van der Waals surface area contributed by atoms with Gasteiger partial charge < -0.3 is 5.11 Å². The van der Waals surface area contributed by atoms with Crippen LogP contribution in [0.4, 0.5) is 0 Å². The maximum absolute atomic E-state index is 11.7. The Hall–Kier alpha value is -2.03. The average molecular weight is 204 g/mol. The molecule has 2 aromatic rings. The van der Waals surface area contributed by atoms with Gasteiger partial charge >= 0.3 is 0 Å². The molecule has 0 aliphatic heterocycles. The highest BCUT2D eigenvalue weighted by atomic mass is 16.3. The van der Waals surface area contributed by atoms with Crippen molar-refractivity contribution in [1.29, 1.82) is 0 Å². The number of rotatable bonds is 1. The number of aryl methyl sites for hydroxylation is 1. The number of phenolic OH excluding ortho intramolecular Hbond substituents is 1. The van der Waals surface area contributed by atoms with Gasteiger partial charge in [0, 0.05) is 16.4 Å². The highest BCUT2D eigenvalue weighted by molar-refractivity contribution is 5.45. The van der Waals surface area contributed by atoms with E-state index in [9.17, 15) is 9.90 Å². The molecule has 15 heavy (non-hydrogen) atoms. The lowest BCUT2D eigenvalue weighted by Crippen LogP contribution is -2.16. The predicted molar refractivity (Wildman–Crippen MR) is 58.4 cm³/mol. The van der Waals surface area contributed by atoms with Crippen LogP contribution < -0.4 is 5.56 Å². The molecule has 1 aromatic heterocycles. The molecule has 0 atom stereocenters. The van der Waals surface area contributed by atoms with E-state index in [0.29, 0.717) is 0 Å². The number of aromatic hydroxyl groups is 1. The van der Waals surface area contributed by atoms with E-state index in [1.807, 2.05) is 0 Å². The van der Waals surface area contributed by atoms with Crippen LogP contribution >= 0.6 is 0 Å². The molecule has 3 nitrogen and oxygen atoms in total. The van der Waals surface area contributed by atoms with Crippen LogP contribution in [0.5, 0.6) is 5.75 Å². The van der Waals surface area contributed by atoms with Crippen molar-refractivity contribution < 1.29 is 9.22 Å². The molecule has 0 aliphatic carbocycles. The summed E-state index contributed by atoms with van der Waals surface area (Å²) >= 11 is 0. The van der Waals surface area contributed by atoms with E-state index in [2.05, 4.69) is 0 Å². The van der Waals surface area contributed by atoms with Gasteiger partial charge in [0.1, 0.15) is 5.75 Å². The molecule has 0 saturated heterocycles. The van der Waals surface area contributed by atoms with Gasteiger partial charge in [0.25, 0.3) is 5.56 Å². The van der Waals surface area contributed by atoms with Gasteiger partial charge in [0.05, 0.1) is 5.69 Å². The Labute approximate surface area is 91.5 Å². The number of hydrogen-bond donors (Lipinski definition) is 1. The van der Waals surface area contributed by atoms with Gasteiger partial charge in [-0.1, -0.05) is 18.2 Å². The summed E-state index contributed by atoms with van der Waals surface area (Å²) in [5.74, 6) is -0.0812. The van der Waals surface area contributed by atoms with Gasteiger partial charge in [0.2, 0.25) is 0 Å². The van der Waals surface area contributed by atoms with Crippen LogP contribution in [-0.2, 0) is 0 Å². The summed E-state index contributed by atoms with van der Waals surface area (Å²) in [4.78, 5) is 11.7. The topological polar surface area (TPSA) is 42.2 Å². The molecule has 0 unspecified atom stereocenters. The SMILES string of the molecule is [2H]C([2H])([2H])c1ccc(=O)n(-c2ccccc2O)c1. The zero-order chi connectivity index (χ0) is 13.3. The molecule has 76 valence electrons. The third kappa shape index (κ3) is 1.76. The number of benzene rings is 1. The van der Waals surface area contributed by atoms with Crippen LogP contribution in [0.15, 0.2) is 47.4 Å². The van der Waals surface area contributed by atoms with Crippen LogP contribution in [-0.4, -0.2) is 9.67 Å². The minimum Gasteiger partial charge on any atom is -0.506 e. The molecule has 1 heterocycles. The second-order valence-electron chi connectivity index (χ2n) is 3.11. The Morgan fingerprint density at radius 2 is 2.07 bits per heavy atom. The van der Waals surface area contributed by atoms with E-state index in [1.165, 1.54) is 24.4 Å². The normalized spacial score (nSPS) is 14.0. The van der Waals surface area contributed by atoms with Crippen LogP contribution in [0.25, 0.3) is 5.69 Å². The minimum absolute atomic E-state index is 0.0466. The van der Waals surface area contributed by atoms with Gasteiger partial charge in [-0.3, -0.25) is 9.36 Å². The fraction of sp³-hybridized carbons (Fsp3) is 0.0833. The van der Waals surface area contributed by atoms with Crippen molar-refractivity contribution in [2.24, 2.45) is 0 Å². The highest BCUT2D eigenvalue weighted by Crippen LogP contribution is 2.18. The number of hydrogen-bond acceptors (Lipinski definition) is 2. The third-order valence-corrected chi connectivity index (χ3v) is 2.05. The van der Waals surface area contributed by atoms with Crippen LogP contribution in [0, 0.1) is 6.85 Å². The van der Waals surface area contributed by atoms with E-state index in [-0.39, 0.29) is 17.0 Å². The largest absolute Gasteiger partial charge is 0.506 e. The Morgan fingerprint density at radius 1 is 1.27 bits per heavy atom. The average Bonchev–Trinajstić information content (AvgIpc) is 2.29. The molecule has 0 aliphatic rings. The van der Waals surface area contributed by atoms with Crippen molar-refractivity contribution in [2.45, 2.75) is 6.85 Å². The molecule has 0 saturated carbocycles. The number of para-hydroxylation sites is 2. The first-order valence-corrected chi connectivity index (χ1v) is 4.41. The molecular weight excluding hydrogens is 190 g/mol. The quantitative estimate of drug-likeness (QED) is 0.770. The Balaban J connectivity index is 2.65. The van der Waals surface area contributed by atoms with Gasteiger partial charge in [0.15, 0.2) is 0 Å². The molecule has 0 bridgehead atoms. The molecule has 0 amide bonds. The van der Waals surface area contributed by atoms with E-state index < -0.39 is 12.4 Å². The Kier molecular flexibility index (Phi) is 1.55. The maximum atomic E-state index is 11.7. The van der Waals surface area contributed by atoms with E-state index in [4.69, 9.17) is 4.11 Å². The monoisotopic (exact) mass is 204 g/mol. The summed E-state index contributed by atoms with van der Waals surface area (Å²) in [5, 5.41) is 9.68. The number of aromatic nitrogens is 1. The lowest BCUT2D eigenvalue weighted by molar-refractivity contribution is 0.471. The molecule has 3 heteroatoms. The Bertz CT molecular complexity index is 632.